The minimum absolute atomic E-state index is 0.783. The van der Waals surface area contributed by atoms with Crippen molar-refractivity contribution in [2.24, 2.45) is 0 Å². The Labute approximate surface area is 101 Å². The van der Waals surface area contributed by atoms with Crippen LogP contribution in [-0.4, -0.2) is 19.6 Å². The highest BCUT2D eigenvalue weighted by molar-refractivity contribution is 5.38. The predicted octanol–water partition coefficient (Wildman–Crippen LogP) is 2.12. The zero-order valence-electron chi connectivity index (χ0n) is 10.4. The van der Waals surface area contributed by atoms with Crippen LogP contribution in [0.4, 0.5) is 5.69 Å². The van der Waals surface area contributed by atoms with Crippen LogP contribution in [0.2, 0.25) is 0 Å². The number of hydrogen-bond donors (Lipinski definition) is 1. The Bertz CT molecular complexity index is 457. The van der Waals surface area contributed by atoms with E-state index in [1.54, 1.807) is 0 Å². The number of aryl methyl sites for hydroxylation is 2. The Morgan fingerprint density at radius 3 is 2.94 bits per heavy atom. The van der Waals surface area contributed by atoms with Crippen molar-refractivity contribution in [3.05, 3.63) is 30.4 Å². The van der Waals surface area contributed by atoms with E-state index in [4.69, 9.17) is 0 Å². The van der Waals surface area contributed by atoms with Crippen LogP contribution < -0.4 is 5.32 Å². The molecule has 17 heavy (non-hydrogen) atoms. The number of nitrogens with one attached hydrogen (secondary N) is 1. The van der Waals surface area contributed by atoms with Crippen LogP contribution in [-0.2, 0) is 19.6 Å². The topological polar surface area (TPSA) is 47.7 Å². The molecule has 2 aromatic rings. The average molecular weight is 233 g/mol. The summed E-state index contributed by atoms with van der Waals surface area (Å²) in [6, 6.07) is 2.03. The van der Waals surface area contributed by atoms with E-state index < -0.39 is 0 Å². The maximum absolute atomic E-state index is 4.28. The van der Waals surface area contributed by atoms with Crippen molar-refractivity contribution in [1.82, 2.24) is 19.6 Å². The maximum Gasteiger partial charge on any atom is 0.0729 e. The van der Waals surface area contributed by atoms with E-state index in [9.17, 15) is 0 Å². The highest BCUT2D eigenvalue weighted by atomic mass is 15.3. The molecule has 0 aliphatic carbocycles. The van der Waals surface area contributed by atoms with Crippen molar-refractivity contribution in [3.8, 4) is 0 Å². The van der Waals surface area contributed by atoms with Gasteiger partial charge in [0.15, 0.2) is 0 Å². The third kappa shape index (κ3) is 2.87. The van der Waals surface area contributed by atoms with Crippen molar-refractivity contribution >= 4 is 5.69 Å². The minimum Gasteiger partial charge on any atom is -0.377 e. The lowest BCUT2D eigenvalue weighted by Crippen LogP contribution is -2.07. The van der Waals surface area contributed by atoms with Crippen molar-refractivity contribution in [2.45, 2.75) is 39.9 Å². The van der Waals surface area contributed by atoms with Gasteiger partial charge in [-0.05, 0) is 19.4 Å². The van der Waals surface area contributed by atoms with Crippen molar-refractivity contribution < 1.29 is 0 Å². The molecule has 5 heteroatoms. The van der Waals surface area contributed by atoms with Crippen LogP contribution in [0, 0.1) is 0 Å². The molecule has 92 valence electrons. The van der Waals surface area contributed by atoms with E-state index in [-0.39, 0.29) is 0 Å². The minimum atomic E-state index is 0.783. The maximum atomic E-state index is 4.28. The molecule has 0 aliphatic rings. The van der Waals surface area contributed by atoms with Gasteiger partial charge in [-0.2, -0.15) is 10.2 Å². The first-order valence-corrected chi connectivity index (χ1v) is 6.10. The van der Waals surface area contributed by atoms with Gasteiger partial charge in [-0.3, -0.25) is 9.36 Å². The van der Waals surface area contributed by atoms with Crippen LogP contribution in [0.15, 0.2) is 24.7 Å². The second-order valence-electron chi connectivity index (χ2n) is 3.98. The normalized spacial score (nSPS) is 10.7. The monoisotopic (exact) mass is 233 g/mol. The molecule has 0 bridgehead atoms. The van der Waals surface area contributed by atoms with Gasteiger partial charge in [-0.25, -0.2) is 0 Å². The fourth-order valence-corrected chi connectivity index (χ4v) is 1.79. The fraction of sp³-hybridized carbons (Fsp3) is 0.500. The van der Waals surface area contributed by atoms with Crippen LogP contribution in [0.25, 0.3) is 0 Å². The zero-order chi connectivity index (χ0) is 12.1. The first-order chi connectivity index (χ1) is 8.33. The summed E-state index contributed by atoms with van der Waals surface area (Å²) < 4.78 is 3.95. The SMILES string of the molecule is CCCn1cc(NCc2ccnn2CC)cn1. The summed E-state index contributed by atoms with van der Waals surface area (Å²) in [4.78, 5) is 0. The quantitative estimate of drug-likeness (QED) is 0.831. The molecule has 0 aromatic carbocycles. The van der Waals surface area contributed by atoms with Gasteiger partial charge in [0.2, 0.25) is 0 Å². The molecular weight excluding hydrogens is 214 g/mol. The van der Waals surface area contributed by atoms with Gasteiger partial charge in [0.1, 0.15) is 0 Å². The van der Waals surface area contributed by atoms with Gasteiger partial charge in [0.05, 0.1) is 24.1 Å². The molecule has 0 radical (unpaired) electrons. The summed E-state index contributed by atoms with van der Waals surface area (Å²) >= 11 is 0. The summed E-state index contributed by atoms with van der Waals surface area (Å²) in [5, 5.41) is 11.9. The number of rotatable bonds is 6. The molecular formula is C12H19N5. The Morgan fingerprint density at radius 2 is 2.18 bits per heavy atom. The molecule has 2 rings (SSSR count). The van der Waals surface area contributed by atoms with Crippen molar-refractivity contribution in [1.29, 1.82) is 0 Å². The molecule has 0 aliphatic heterocycles. The number of hydrogen-bond acceptors (Lipinski definition) is 3. The Morgan fingerprint density at radius 1 is 1.29 bits per heavy atom. The molecule has 0 amide bonds. The third-order valence-corrected chi connectivity index (χ3v) is 2.66. The van der Waals surface area contributed by atoms with Gasteiger partial charge < -0.3 is 5.32 Å². The summed E-state index contributed by atoms with van der Waals surface area (Å²) in [6.45, 7) is 6.89. The molecule has 0 unspecified atom stereocenters. The predicted molar refractivity (Wildman–Crippen MR) is 67.7 cm³/mol. The van der Waals surface area contributed by atoms with Crippen molar-refractivity contribution in [3.63, 3.8) is 0 Å². The number of aromatic nitrogens is 4. The van der Waals surface area contributed by atoms with E-state index in [0.717, 1.165) is 31.7 Å². The molecule has 2 heterocycles. The lowest BCUT2D eigenvalue weighted by molar-refractivity contribution is 0.603. The largest absolute Gasteiger partial charge is 0.377 e. The van der Waals surface area contributed by atoms with E-state index in [0.29, 0.717) is 0 Å². The lowest BCUT2D eigenvalue weighted by Gasteiger charge is -2.05. The molecule has 0 saturated carbocycles. The second-order valence-corrected chi connectivity index (χ2v) is 3.98. The fourth-order valence-electron chi connectivity index (χ4n) is 1.79. The highest BCUT2D eigenvalue weighted by Gasteiger charge is 2.01. The van der Waals surface area contributed by atoms with Crippen LogP contribution in [0.3, 0.4) is 0 Å². The van der Waals surface area contributed by atoms with E-state index in [1.807, 2.05) is 34.0 Å². The van der Waals surface area contributed by atoms with Crippen LogP contribution in [0.5, 0.6) is 0 Å². The first-order valence-electron chi connectivity index (χ1n) is 6.10. The summed E-state index contributed by atoms with van der Waals surface area (Å²) in [5.74, 6) is 0. The molecule has 0 atom stereocenters. The molecule has 5 nitrogen and oxygen atoms in total. The number of anilines is 1. The lowest BCUT2D eigenvalue weighted by atomic mass is 10.4. The smallest absolute Gasteiger partial charge is 0.0729 e. The van der Waals surface area contributed by atoms with Crippen molar-refractivity contribution in [2.75, 3.05) is 5.32 Å². The Hall–Kier alpha value is -1.78. The molecule has 2 aromatic heterocycles. The number of nitrogens with zero attached hydrogens (tertiary/aromatic N) is 4. The van der Waals surface area contributed by atoms with Crippen LogP contribution in [0.1, 0.15) is 26.0 Å². The summed E-state index contributed by atoms with van der Waals surface area (Å²) in [6.07, 6.45) is 6.84. The first kappa shape index (κ1) is 11.7. The van der Waals surface area contributed by atoms with E-state index in [1.165, 1.54) is 5.69 Å². The van der Waals surface area contributed by atoms with Gasteiger partial charge >= 0.3 is 0 Å². The van der Waals surface area contributed by atoms with Crippen LogP contribution >= 0.6 is 0 Å². The van der Waals surface area contributed by atoms with E-state index >= 15 is 0 Å². The zero-order valence-corrected chi connectivity index (χ0v) is 10.4. The highest BCUT2D eigenvalue weighted by Crippen LogP contribution is 2.08. The average Bonchev–Trinajstić information content (AvgIpc) is 2.95. The van der Waals surface area contributed by atoms with Gasteiger partial charge in [-0.1, -0.05) is 6.92 Å². The Kier molecular flexibility index (Phi) is 3.80. The standard InChI is InChI=1S/C12H19N5/c1-3-7-16-10-11(8-15-16)13-9-12-5-6-14-17(12)4-2/h5-6,8,10,13H,3-4,7,9H2,1-2H3. The summed E-state index contributed by atoms with van der Waals surface area (Å²) in [7, 11) is 0. The molecule has 0 spiro atoms. The molecule has 0 fully saturated rings. The Balaban J connectivity index is 1.93. The van der Waals surface area contributed by atoms with Gasteiger partial charge in [-0.15, -0.1) is 0 Å². The molecule has 0 saturated heterocycles. The van der Waals surface area contributed by atoms with E-state index in [2.05, 4.69) is 29.4 Å². The summed E-state index contributed by atoms with van der Waals surface area (Å²) in [5.41, 5.74) is 2.25. The van der Waals surface area contributed by atoms with Gasteiger partial charge in [0, 0.05) is 25.5 Å². The third-order valence-electron chi connectivity index (χ3n) is 2.66. The van der Waals surface area contributed by atoms with Gasteiger partial charge in [0.25, 0.3) is 0 Å². The second kappa shape index (κ2) is 5.52. The molecule has 1 N–H and O–H groups in total.